The quantitative estimate of drug-likeness (QED) is 0.173. The molecule has 11 aromatic carbocycles. The number of fused-ring (bicyclic) bond motifs is 8. The Morgan fingerprint density at radius 1 is 0.400 bits per heavy atom. The molecule has 1 unspecified atom stereocenters. The zero-order valence-corrected chi connectivity index (χ0v) is 37.9. The summed E-state index contributed by atoms with van der Waals surface area (Å²) in [5, 5.41) is 13.1. The molecule has 13 aromatic rings. The van der Waals surface area contributed by atoms with E-state index >= 15 is 0 Å². The second-order valence-corrected chi connectivity index (χ2v) is 18.1. The Morgan fingerprint density at radius 3 is 1.81 bits per heavy atom. The minimum Gasteiger partial charge on any atom is -0.456 e. The van der Waals surface area contributed by atoms with Crippen LogP contribution in [0.15, 0.2) is 257 Å². The van der Waals surface area contributed by atoms with Crippen LogP contribution >= 0.6 is 0 Å². The van der Waals surface area contributed by atoms with Crippen molar-refractivity contribution in [1.82, 2.24) is 9.88 Å². The Bertz CT molecular complexity index is 4260. The van der Waals surface area contributed by atoms with Crippen LogP contribution in [0.1, 0.15) is 22.9 Å². The zero-order valence-electron chi connectivity index (χ0n) is 37.9. The van der Waals surface area contributed by atoms with E-state index in [-0.39, 0.29) is 0 Å². The van der Waals surface area contributed by atoms with Crippen molar-refractivity contribution in [3.63, 3.8) is 0 Å². The molecule has 0 bridgehead atoms. The summed E-state index contributed by atoms with van der Waals surface area (Å²) in [6.07, 6.45) is -0.519. The Labute approximate surface area is 404 Å². The molecule has 0 saturated heterocycles. The minimum absolute atomic E-state index is 0.519. The molecule has 328 valence electrons. The summed E-state index contributed by atoms with van der Waals surface area (Å²) in [4.78, 5) is 10.9. The van der Waals surface area contributed by atoms with Gasteiger partial charge in [0.1, 0.15) is 23.2 Å². The van der Waals surface area contributed by atoms with Gasteiger partial charge >= 0.3 is 0 Å². The van der Waals surface area contributed by atoms with Crippen LogP contribution < -0.4 is 5.32 Å². The van der Waals surface area contributed by atoms with Crippen LogP contribution in [0, 0.1) is 0 Å². The number of aromatic nitrogens is 1. The molecule has 1 atom stereocenters. The van der Waals surface area contributed by atoms with Gasteiger partial charge in [-0.15, -0.1) is 0 Å². The summed E-state index contributed by atoms with van der Waals surface area (Å²) in [6, 6.07) is 86.5. The SMILES string of the molecule is c1ccc(C2=NC(c3cccc(-c4ccc(-c5ccccc5)cc4)c3)=NC(c3ccc(-n4c5ccccc5c5cc6ccccc6cc54)cc3-c3c4ccccc4cc4oc5ccccc5c34)N2)cc1. The number of amidine groups is 2. The highest BCUT2D eigenvalue weighted by Crippen LogP contribution is 2.46. The molecule has 0 radical (unpaired) electrons. The lowest BCUT2D eigenvalue weighted by molar-refractivity contribution is 0.669. The van der Waals surface area contributed by atoms with E-state index in [1.165, 1.54) is 32.7 Å². The van der Waals surface area contributed by atoms with Gasteiger partial charge in [0.05, 0.1) is 11.0 Å². The number of benzene rings is 11. The lowest BCUT2D eigenvalue weighted by Crippen LogP contribution is -2.33. The monoisotopic (exact) mass is 894 g/mol. The average Bonchev–Trinajstić information content (AvgIpc) is 3.97. The maximum atomic E-state index is 6.73. The van der Waals surface area contributed by atoms with Crippen molar-refractivity contribution >= 4 is 77.0 Å². The van der Waals surface area contributed by atoms with Crippen LogP contribution in [0.3, 0.4) is 0 Å². The summed E-state index contributed by atoms with van der Waals surface area (Å²) < 4.78 is 9.15. The van der Waals surface area contributed by atoms with Gasteiger partial charge in [0.15, 0.2) is 5.84 Å². The first-order chi connectivity index (χ1) is 34.7. The molecule has 0 aliphatic carbocycles. The van der Waals surface area contributed by atoms with Gasteiger partial charge in [0.2, 0.25) is 0 Å². The lowest BCUT2D eigenvalue weighted by Gasteiger charge is -2.26. The van der Waals surface area contributed by atoms with E-state index in [9.17, 15) is 0 Å². The van der Waals surface area contributed by atoms with Crippen molar-refractivity contribution in [2.75, 3.05) is 0 Å². The number of nitrogens with zero attached hydrogens (tertiary/aromatic N) is 3. The number of aliphatic imine (C=N–C) groups is 2. The van der Waals surface area contributed by atoms with Crippen LogP contribution in [0.4, 0.5) is 0 Å². The first-order valence-corrected chi connectivity index (χ1v) is 23.8. The van der Waals surface area contributed by atoms with Gasteiger partial charge in [-0.05, 0) is 97.9 Å². The first kappa shape index (κ1) is 39.8. The Morgan fingerprint density at radius 2 is 1.01 bits per heavy atom. The first-order valence-electron chi connectivity index (χ1n) is 23.8. The lowest BCUT2D eigenvalue weighted by atomic mass is 9.89. The highest BCUT2D eigenvalue weighted by Gasteiger charge is 2.27. The molecule has 70 heavy (non-hydrogen) atoms. The number of furan rings is 1. The minimum atomic E-state index is -0.519. The largest absolute Gasteiger partial charge is 0.456 e. The van der Waals surface area contributed by atoms with Gasteiger partial charge in [0, 0.05) is 49.5 Å². The predicted octanol–water partition coefficient (Wildman–Crippen LogP) is 16.5. The van der Waals surface area contributed by atoms with Crippen molar-refractivity contribution in [1.29, 1.82) is 0 Å². The van der Waals surface area contributed by atoms with Gasteiger partial charge in [-0.25, -0.2) is 9.98 Å². The van der Waals surface area contributed by atoms with Gasteiger partial charge in [0.25, 0.3) is 0 Å². The number of nitrogens with one attached hydrogen (secondary N) is 1. The zero-order chi connectivity index (χ0) is 46.1. The van der Waals surface area contributed by atoms with Gasteiger partial charge in [-0.3, -0.25) is 0 Å². The van der Waals surface area contributed by atoms with E-state index in [0.717, 1.165) is 94.2 Å². The molecule has 5 nitrogen and oxygen atoms in total. The second kappa shape index (κ2) is 16.2. The molecule has 3 heterocycles. The van der Waals surface area contributed by atoms with E-state index in [1.54, 1.807) is 0 Å². The Balaban J connectivity index is 1.01. The van der Waals surface area contributed by atoms with Crippen molar-refractivity contribution in [3.05, 3.63) is 259 Å². The van der Waals surface area contributed by atoms with Gasteiger partial charge < -0.3 is 14.3 Å². The smallest absolute Gasteiger partial charge is 0.159 e. The molecule has 1 N–H and O–H groups in total. The summed E-state index contributed by atoms with van der Waals surface area (Å²) in [6.45, 7) is 0. The molecule has 0 fully saturated rings. The topological polar surface area (TPSA) is 54.8 Å². The van der Waals surface area contributed by atoms with E-state index < -0.39 is 6.17 Å². The maximum absolute atomic E-state index is 6.73. The Kier molecular flexibility index (Phi) is 9.20. The third-order valence-corrected chi connectivity index (χ3v) is 14.0. The molecule has 5 heteroatoms. The Hall–Kier alpha value is -9.32. The third-order valence-electron chi connectivity index (χ3n) is 14.0. The molecule has 0 saturated carbocycles. The highest BCUT2D eigenvalue weighted by atomic mass is 16.3. The number of hydrogen-bond donors (Lipinski definition) is 1. The predicted molar refractivity (Wildman–Crippen MR) is 291 cm³/mol. The fraction of sp³-hybridized carbons (Fsp3) is 0.0154. The van der Waals surface area contributed by atoms with E-state index in [0.29, 0.717) is 5.84 Å². The van der Waals surface area contributed by atoms with Crippen molar-refractivity contribution in [2.45, 2.75) is 6.17 Å². The average molecular weight is 895 g/mol. The van der Waals surface area contributed by atoms with Crippen LogP contribution in [0.5, 0.6) is 0 Å². The number of rotatable bonds is 7. The van der Waals surface area contributed by atoms with Gasteiger partial charge in [-0.2, -0.15) is 0 Å². The molecular weight excluding hydrogens is 853 g/mol. The van der Waals surface area contributed by atoms with Crippen LogP contribution in [-0.2, 0) is 0 Å². The molecule has 1 aliphatic heterocycles. The van der Waals surface area contributed by atoms with E-state index in [1.807, 2.05) is 12.1 Å². The molecular formula is C65H42N4O. The third kappa shape index (κ3) is 6.62. The summed E-state index contributed by atoms with van der Waals surface area (Å²) in [5.74, 6) is 1.42. The van der Waals surface area contributed by atoms with E-state index in [4.69, 9.17) is 14.4 Å². The fourth-order valence-corrected chi connectivity index (χ4v) is 10.7. The maximum Gasteiger partial charge on any atom is 0.159 e. The van der Waals surface area contributed by atoms with Crippen LogP contribution in [0.2, 0.25) is 0 Å². The normalized spacial score (nSPS) is 13.9. The summed E-state index contributed by atoms with van der Waals surface area (Å²) >= 11 is 0. The molecule has 2 aromatic heterocycles. The summed E-state index contributed by atoms with van der Waals surface area (Å²) in [5.41, 5.74) is 14.7. The number of hydrogen-bond acceptors (Lipinski definition) is 4. The standard InChI is InChI=1S/C65H42N4O/c1-3-16-41(17-4-1)42-30-32-43(33-31-42)45-23-15-24-49(36-45)64-66-63(44-18-5-2-6-19-44)67-65(68-64)53-35-34-50(69-57-28-13-11-26-52(57)55-37-46-20-7-8-21-47(46)38-58(55)69)40-56(53)61-51-25-10-9-22-48(51)39-60-62(61)54-27-12-14-29-59(54)70-60/h1-40,65H,(H,66,67,68). The highest BCUT2D eigenvalue weighted by molar-refractivity contribution is 6.22. The molecule has 14 rings (SSSR count). The second-order valence-electron chi connectivity index (χ2n) is 18.1. The van der Waals surface area contributed by atoms with Gasteiger partial charge in [-0.1, -0.05) is 194 Å². The molecule has 0 amide bonds. The van der Waals surface area contributed by atoms with Crippen molar-refractivity contribution in [3.8, 4) is 39.1 Å². The van der Waals surface area contributed by atoms with Crippen molar-refractivity contribution < 1.29 is 4.42 Å². The van der Waals surface area contributed by atoms with Crippen LogP contribution in [-0.4, -0.2) is 16.2 Å². The van der Waals surface area contributed by atoms with Crippen molar-refractivity contribution in [2.24, 2.45) is 9.98 Å². The molecule has 0 spiro atoms. The molecule has 1 aliphatic rings. The summed E-state index contributed by atoms with van der Waals surface area (Å²) in [7, 11) is 0. The fourth-order valence-electron chi connectivity index (χ4n) is 10.7. The number of para-hydroxylation sites is 2. The van der Waals surface area contributed by atoms with Crippen LogP contribution in [0.25, 0.3) is 104 Å². The van der Waals surface area contributed by atoms with E-state index in [2.05, 4.69) is 240 Å².